The Hall–Kier alpha value is -5.50. The molecule has 1 aromatic heterocycles. The van der Waals surface area contributed by atoms with Crippen LogP contribution in [0.2, 0.25) is 0 Å². The van der Waals surface area contributed by atoms with Crippen LogP contribution >= 0.6 is 0 Å². The number of benzene rings is 3. The maximum atomic E-state index is 13.1. The number of aromatic nitrogens is 1. The molecule has 190 valence electrons. The predicted octanol–water partition coefficient (Wildman–Crippen LogP) is 4.62. The highest BCUT2D eigenvalue weighted by atomic mass is 16.5. The van der Waals surface area contributed by atoms with E-state index in [2.05, 4.69) is 21.1 Å². The summed E-state index contributed by atoms with van der Waals surface area (Å²) in [5.41, 5.74) is 1.88. The molecule has 0 bridgehead atoms. The van der Waals surface area contributed by atoms with Gasteiger partial charge in [0.25, 0.3) is 5.91 Å². The van der Waals surface area contributed by atoms with Gasteiger partial charge in [0.15, 0.2) is 11.3 Å². The van der Waals surface area contributed by atoms with Gasteiger partial charge in [-0.15, -0.1) is 0 Å². The number of rotatable bonds is 7. The molecule has 0 spiro atoms. The molecule has 0 radical (unpaired) electrons. The summed E-state index contributed by atoms with van der Waals surface area (Å²) in [6.45, 7) is 3.07. The number of para-hydroxylation sites is 1. The van der Waals surface area contributed by atoms with Crippen molar-refractivity contribution in [2.45, 2.75) is 20.3 Å². The Morgan fingerprint density at radius 1 is 0.947 bits per heavy atom. The van der Waals surface area contributed by atoms with Gasteiger partial charge in [-0.05, 0) is 36.4 Å². The molecule has 4 aromatic rings. The highest BCUT2D eigenvalue weighted by Crippen LogP contribution is 2.38. The van der Waals surface area contributed by atoms with Crippen molar-refractivity contribution in [2.75, 3.05) is 16.0 Å². The van der Waals surface area contributed by atoms with Crippen molar-refractivity contribution in [2.24, 2.45) is 0 Å². The molecular weight excluding hydrogens is 490 g/mol. The summed E-state index contributed by atoms with van der Waals surface area (Å²) in [7, 11) is 0. The molecule has 0 atom stereocenters. The van der Waals surface area contributed by atoms with Crippen LogP contribution in [0.5, 0.6) is 0 Å². The van der Waals surface area contributed by atoms with Gasteiger partial charge in [-0.3, -0.25) is 14.4 Å². The zero-order chi connectivity index (χ0) is 27.4. The van der Waals surface area contributed by atoms with E-state index in [9.17, 15) is 24.3 Å². The van der Waals surface area contributed by atoms with E-state index in [1.54, 1.807) is 37.3 Å². The number of amides is 3. The second kappa shape index (κ2) is 10.6. The van der Waals surface area contributed by atoms with E-state index in [4.69, 9.17) is 9.78 Å². The minimum atomic E-state index is -1.32. The summed E-state index contributed by atoms with van der Waals surface area (Å²) in [6.07, 6.45) is 0.193. The number of nitrogens with one attached hydrogen (secondary N) is 3. The van der Waals surface area contributed by atoms with Crippen LogP contribution in [0.25, 0.3) is 22.1 Å². The van der Waals surface area contributed by atoms with Crippen LogP contribution in [0.4, 0.5) is 17.1 Å². The third-order valence-electron chi connectivity index (χ3n) is 5.58. The first-order chi connectivity index (χ1) is 18.2. The van der Waals surface area contributed by atoms with E-state index in [1.165, 1.54) is 25.1 Å². The largest absolute Gasteiger partial charge is 0.478 e. The second-order valence-electron chi connectivity index (χ2n) is 8.19. The van der Waals surface area contributed by atoms with Crippen LogP contribution < -0.4 is 16.0 Å². The number of nitriles is 1. The average Bonchev–Trinajstić information content (AvgIpc) is 3.31. The Kier molecular flexibility index (Phi) is 7.16. The Bertz CT molecular complexity index is 1650. The quantitative estimate of drug-likeness (QED) is 0.278. The van der Waals surface area contributed by atoms with Gasteiger partial charge in [-0.25, -0.2) is 4.79 Å². The Balaban J connectivity index is 1.81. The fourth-order valence-corrected chi connectivity index (χ4v) is 3.81. The van der Waals surface area contributed by atoms with Crippen LogP contribution in [-0.4, -0.2) is 34.0 Å². The summed E-state index contributed by atoms with van der Waals surface area (Å²) < 4.78 is 5.42. The Labute approximate surface area is 216 Å². The number of fused-ring (bicyclic) bond motifs is 1. The summed E-state index contributed by atoms with van der Waals surface area (Å²) in [5, 5.41) is 30.8. The van der Waals surface area contributed by atoms with Gasteiger partial charge >= 0.3 is 5.97 Å². The molecule has 4 rings (SSSR count). The van der Waals surface area contributed by atoms with Gasteiger partial charge in [0.05, 0.1) is 28.3 Å². The predicted molar refractivity (Wildman–Crippen MR) is 139 cm³/mol. The Morgan fingerprint density at radius 3 is 2.39 bits per heavy atom. The van der Waals surface area contributed by atoms with Crippen molar-refractivity contribution in [3.63, 3.8) is 0 Å². The molecule has 4 N–H and O–H groups in total. The molecule has 0 aliphatic heterocycles. The smallest absolute Gasteiger partial charge is 0.337 e. The lowest BCUT2D eigenvalue weighted by Gasteiger charge is -2.15. The monoisotopic (exact) mass is 511 g/mol. The minimum Gasteiger partial charge on any atom is -0.478 e. The van der Waals surface area contributed by atoms with Crippen molar-refractivity contribution in [1.29, 1.82) is 5.26 Å². The SMILES string of the molecule is CCC(=O)Nc1cc2c(C(=O)Nc3ccc(C#N)cc3C(=O)O)noc2cc1-c1ccccc1NC(C)=O. The maximum absolute atomic E-state index is 13.1. The molecular formula is C27H21N5O6. The summed E-state index contributed by atoms with van der Waals surface area (Å²) in [4.78, 5) is 48.8. The van der Waals surface area contributed by atoms with Crippen molar-refractivity contribution < 1.29 is 28.8 Å². The molecule has 1 heterocycles. The van der Waals surface area contributed by atoms with Crippen LogP contribution in [0, 0.1) is 11.3 Å². The summed E-state index contributed by atoms with van der Waals surface area (Å²) >= 11 is 0. The molecule has 0 aliphatic carbocycles. The van der Waals surface area contributed by atoms with Crippen molar-refractivity contribution >= 4 is 51.7 Å². The molecule has 3 aromatic carbocycles. The van der Waals surface area contributed by atoms with Crippen LogP contribution in [0.15, 0.2) is 59.1 Å². The van der Waals surface area contributed by atoms with Gasteiger partial charge in [0.1, 0.15) is 0 Å². The topological polar surface area (TPSA) is 174 Å². The van der Waals surface area contributed by atoms with E-state index in [1.807, 2.05) is 6.07 Å². The van der Waals surface area contributed by atoms with Gasteiger partial charge in [-0.1, -0.05) is 30.3 Å². The summed E-state index contributed by atoms with van der Waals surface area (Å²) in [5.74, 6) is -2.64. The lowest BCUT2D eigenvalue weighted by Crippen LogP contribution is -2.16. The number of aromatic carboxylic acids is 1. The number of carboxylic acid groups (broad SMARTS) is 1. The van der Waals surface area contributed by atoms with Crippen molar-refractivity contribution in [3.05, 3.63) is 71.4 Å². The maximum Gasteiger partial charge on any atom is 0.337 e. The van der Waals surface area contributed by atoms with Crippen molar-refractivity contribution in [3.8, 4) is 17.2 Å². The van der Waals surface area contributed by atoms with Gasteiger partial charge in [0.2, 0.25) is 11.8 Å². The van der Waals surface area contributed by atoms with E-state index in [0.29, 0.717) is 22.5 Å². The third-order valence-corrected chi connectivity index (χ3v) is 5.58. The van der Waals surface area contributed by atoms with Crippen LogP contribution in [-0.2, 0) is 9.59 Å². The number of hydrogen-bond donors (Lipinski definition) is 4. The highest BCUT2D eigenvalue weighted by Gasteiger charge is 2.23. The highest BCUT2D eigenvalue weighted by molar-refractivity contribution is 6.14. The number of nitrogens with zero attached hydrogens (tertiary/aromatic N) is 2. The first kappa shape index (κ1) is 25.6. The summed E-state index contributed by atoms with van der Waals surface area (Å²) in [6, 6.07) is 15.8. The molecule has 0 saturated carbocycles. The fourth-order valence-electron chi connectivity index (χ4n) is 3.81. The molecule has 11 nitrogen and oxygen atoms in total. The Morgan fingerprint density at radius 2 is 1.71 bits per heavy atom. The standard InChI is InChI=1S/C27H21N5O6/c1-3-24(34)30-22-11-19-23(12-17(22)16-6-4-5-7-20(16)29-14(2)33)38-32-25(19)26(35)31-21-9-8-15(13-28)10-18(21)27(36)37/h4-12H,3H2,1-2H3,(H,29,33)(H,30,34)(H,31,35)(H,36,37). The number of carboxylic acids is 1. The normalized spacial score (nSPS) is 10.4. The lowest BCUT2D eigenvalue weighted by molar-refractivity contribution is -0.116. The average molecular weight is 511 g/mol. The van der Waals surface area contributed by atoms with E-state index in [-0.39, 0.29) is 51.7 Å². The second-order valence-corrected chi connectivity index (χ2v) is 8.19. The van der Waals surface area contributed by atoms with Crippen LogP contribution in [0.3, 0.4) is 0 Å². The molecule has 0 aliphatic rings. The number of hydrogen-bond acceptors (Lipinski definition) is 7. The first-order valence-corrected chi connectivity index (χ1v) is 11.4. The number of carbonyl (C=O) groups is 4. The van der Waals surface area contributed by atoms with Gasteiger partial charge in [-0.2, -0.15) is 5.26 Å². The van der Waals surface area contributed by atoms with Gasteiger partial charge < -0.3 is 25.6 Å². The van der Waals surface area contributed by atoms with Crippen LogP contribution in [0.1, 0.15) is 46.7 Å². The first-order valence-electron chi connectivity index (χ1n) is 11.4. The van der Waals surface area contributed by atoms with E-state index in [0.717, 1.165) is 6.07 Å². The van der Waals surface area contributed by atoms with Gasteiger partial charge in [0, 0.05) is 35.8 Å². The minimum absolute atomic E-state index is 0.0296. The molecule has 0 saturated heterocycles. The third kappa shape index (κ3) is 5.19. The molecule has 11 heteroatoms. The zero-order valence-corrected chi connectivity index (χ0v) is 20.3. The number of carbonyl (C=O) groups excluding carboxylic acids is 3. The fraction of sp³-hybridized carbons (Fsp3) is 0.111. The molecule has 3 amide bonds. The molecule has 38 heavy (non-hydrogen) atoms. The van der Waals surface area contributed by atoms with E-state index >= 15 is 0 Å². The molecule has 0 unspecified atom stereocenters. The molecule has 0 fully saturated rings. The van der Waals surface area contributed by atoms with Crippen molar-refractivity contribution in [1.82, 2.24) is 5.16 Å². The lowest BCUT2D eigenvalue weighted by atomic mass is 9.99. The zero-order valence-electron chi connectivity index (χ0n) is 20.3. The van der Waals surface area contributed by atoms with E-state index < -0.39 is 11.9 Å². The number of anilines is 3.